The van der Waals surface area contributed by atoms with E-state index < -0.39 is 5.91 Å². The third-order valence-electron chi connectivity index (χ3n) is 3.08. The third kappa shape index (κ3) is 4.61. The van der Waals surface area contributed by atoms with Crippen molar-refractivity contribution >= 4 is 33.6 Å². The van der Waals surface area contributed by atoms with E-state index in [1.165, 1.54) is 12.1 Å². The average molecular weight is 387 g/mol. The quantitative estimate of drug-likeness (QED) is 0.598. The molecular weight excluding hydrogens is 372 g/mol. The molecule has 0 unspecified atom stereocenters. The summed E-state index contributed by atoms with van der Waals surface area (Å²) in [4.78, 5) is 12.2. The van der Waals surface area contributed by atoms with Crippen molar-refractivity contribution in [2.75, 3.05) is 11.9 Å². The van der Waals surface area contributed by atoms with Gasteiger partial charge in [0.1, 0.15) is 23.1 Å². The minimum atomic E-state index is -0.555. The van der Waals surface area contributed by atoms with Crippen molar-refractivity contribution < 1.29 is 14.6 Å². The number of benzene rings is 2. The number of halogens is 1. The third-order valence-corrected chi connectivity index (χ3v) is 3.57. The molecule has 0 fully saturated rings. The van der Waals surface area contributed by atoms with Gasteiger partial charge < -0.3 is 15.2 Å². The molecule has 0 heterocycles. The van der Waals surface area contributed by atoms with Gasteiger partial charge in [-0.25, -0.2) is 0 Å². The lowest BCUT2D eigenvalue weighted by Crippen LogP contribution is -2.13. The van der Waals surface area contributed by atoms with Crippen LogP contribution < -0.4 is 10.1 Å². The summed E-state index contributed by atoms with van der Waals surface area (Å²) in [5, 5.41) is 21.7. The van der Waals surface area contributed by atoms with Crippen molar-refractivity contribution in [3.05, 3.63) is 58.1 Å². The van der Waals surface area contributed by atoms with Crippen molar-refractivity contribution in [2.45, 2.75) is 6.92 Å². The van der Waals surface area contributed by atoms with Crippen LogP contribution in [0.1, 0.15) is 12.5 Å². The second-order valence-corrected chi connectivity index (χ2v) is 5.70. The van der Waals surface area contributed by atoms with Gasteiger partial charge in [0, 0.05) is 15.7 Å². The minimum Gasteiger partial charge on any atom is -0.507 e. The Morgan fingerprint density at radius 3 is 2.67 bits per heavy atom. The molecule has 122 valence electrons. The first-order valence-corrected chi connectivity index (χ1v) is 7.97. The molecule has 2 aromatic rings. The van der Waals surface area contributed by atoms with Crippen LogP contribution in [-0.4, -0.2) is 17.6 Å². The highest BCUT2D eigenvalue weighted by Crippen LogP contribution is 2.24. The Balaban J connectivity index is 2.18. The Bertz CT molecular complexity index is 808. The summed E-state index contributed by atoms with van der Waals surface area (Å²) < 4.78 is 6.06. The average Bonchev–Trinajstić information content (AvgIpc) is 2.57. The number of anilines is 1. The van der Waals surface area contributed by atoms with Crippen LogP contribution in [0.4, 0.5) is 5.69 Å². The molecule has 0 aliphatic heterocycles. The highest BCUT2D eigenvalue weighted by molar-refractivity contribution is 9.10. The number of phenolic OH excluding ortho intramolecular Hbond substituents is 1. The molecule has 0 bridgehead atoms. The molecule has 6 heteroatoms. The normalized spacial score (nSPS) is 10.8. The molecule has 0 spiro atoms. The minimum absolute atomic E-state index is 0.0141. The summed E-state index contributed by atoms with van der Waals surface area (Å²) in [7, 11) is 0. The standard InChI is InChI=1S/C18H15BrN2O3/c1-2-24-16-6-4-15(5-7-16)21-18(23)13(11-20)9-12-10-14(19)3-8-17(12)22/h3-10,22H,2H2,1H3,(H,21,23)/b13-9+. The van der Waals surface area contributed by atoms with Crippen LogP contribution in [0.5, 0.6) is 11.5 Å². The van der Waals surface area contributed by atoms with Crippen LogP contribution in [0.2, 0.25) is 0 Å². The second kappa shape index (κ2) is 8.18. The maximum absolute atomic E-state index is 12.2. The zero-order valence-corrected chi connectivity index (χ0v) is 14.5. The monoisotopic (exact) mass is 386 g/mol. The number of nitriles is 1. The van der Waals surface area contributed by atoms with Gasteiger partial charge in [0.15, 0.2) is 0 Å². The number of amides is 1. The van der Waals surface area contributed by atoms with E-state index in [1.807, 2.05) is 13.0 Å². The van der Waals surface area contributed by atoms with Gasteiger partial charge in [-0.15, -0.1) is 0 Å². The Kier molecular flexibility index (Phi) is 5.99. The number of ether oxygens (including phenoxy) is 1. The highest BCUT2D eigenvalue weighted by atomic mass is 79.9. The first-order valence-electron chi connectivity index (χ1n) is 7.18. The molecule has 0 saturated heterocycles. The van der Waals surface area contributed by atoms with Crippen molar-refractivity contribution in [3.63, 3.8) is 0 Å². The molecule has 0 saturated carbocycles. The van der Waals surface area contributed by atoms with Gasteiger partial charge in [-0.3, -0.25) is 4.79 Å². The van der Waals surface area contributed by atoms with Crippen LogP contribution in [-0.2, 0) is 4.79 Å². The topological polar surface area (TPSA) is 82.3 Å². The second-order valence-electron chi connectivity index (χ2n) is 4.78. The lowest BCUT2D eigenvalue weighted by atomic mass is 10.1. The Morgan fingerprint density at radius 2 is 2.04 bits per heavy atom. The van der Waals surface area contributed by atoms with Gasteiger partial charge >= 0.3 is 0 Å². The first kappa shape index (κ1) is 17.6. The number of hydrogen-bond donors (Lipinski definition) is 2. The van der Waals surface area contributed by atoms with E-state index in [0.717, 1.165) is 4.47 Å². The van der Waals surface area contributed by atoms with Crippen LogP contribution in [0, 0.1) is 11.3 Å². The van der Waals surface area contributed by atoms with Gasteiger partial charge in [-0.1, -0.05) is 15.9 Å². The number of carbonyl (C=O) groups is 1. The first-order chi connectivity index (χ1) is 11.5. The van der Waals surface area contributed by atoms with Gasteiger partial charge in [-0.2, -0.15) is 5.26 Å². The maximum Gasteiger partial charge on any atom is 0.266 e. The fraction of sp³-hybridized carbons (Fsp3) is 0.111. The summed E-state index contributed by atoms with van der Waals surface area (Å²) in [6.45, 7) is 2.44. The summed E-state index contributed by atoms with van der Waals surface area (Å²) in [5.41, 5.74) is 0.808. The molecule has 5 nitrogen and oxygen atoms in total. The van der Waals surface area contributed by atoms with E-state index in [9.17, 15) is 15.2 Å². The molecule has 2 aromatic carbocycles. The van der Waals surface area contributed by atoms with Crippen LogP contribution in [0.3, 0.4) is 0 Å². The molecule has 0 aliphatic rings. The van der Waals surface area contributed by atoms with Crippen molar-refractivity contribution in [3.8, 4) is 17.6 Å². The van der Waals surface area contributed by atoms with Gasteiger partial charge in [0.2, 0.25) is 0 Å². The van der Waals surface area contributed by atoms with E-state index in [2.05, 4.69) is 21.2 Å². The van der Waals surface area contributed by atoms with Crippen LogP contribution >= 0.6 is 15.9 Å². The number of nitrogens with one attached hydrogen (secondary N) is 1. The summed E-state index contributed by atoms with van der Waals surface area (Å²) >= 11 is 3.28. The van der Waals surface area contributed by atoms with E-state index in [-0.39, 0.29) is 11.3 Å². The smallest absolute Gasteiger partial charge is 0.266 e. The number of nitrogens with zero attached hydrogens (tertiary/aromatic N) is 1. The van der Waals surface area contributed by atoms with Crippen molar-refractivity contribution in [1.82, 2.24) is 0 Å². The van der Waals surface area contributed by atoms with Crippen molar-refractivity contribution in [2.24, 2.45) is 0 Å². The molecule has 1 amide bonds. The molecule has 0 atom stereocenters. The SMILES string of the molecule is CCOc1ccc(NC(=O)/C(C#N)=C/c2cc(Br)ccc2O)cc1. The summed E-state index contributed by atoms with van der Waals surface area (Å²) in [5.74, 6) is 0.131. The number of aromatic hydroxyl groups is 1. The Hall–Kier alpha value is -2.78. The zero-order valence-electron chi connectivity index (χ0n) is 12.9. The lowest BCUT2D eigenvalue weighted by molar-refractivity contribution is -0.112. The number of carbonyl (C=O) groups excluding carboxylic acids is 1. The molecular formula is C18H15BrN2O3. The van der Waals surface area contributed by atoms with Gasteiger partial charge in [-0.05, 0) is 55.5 Å². The number of rotatable bonds is 5. The van der Waals surface area contributed by atoms with E-state index in [4.69, 9.17) is 4.74 Å². The van der Waals surface area contributed by atoms with Crippen molar-refractivity contribution in [1.29, 1.82) is 5.26 Å². The van der Waals surface area contributed by atoms with Crippen LogP contribution in [0.15, 0.2) is 52.5 Å². The summed E-state index contributed by atoms with van der Waals surface area (Å²) in [6.07, 6.45) is 1.34. The Morgan fingerprint density at radius 1 is 1.33 bits per heavy atom. The fourth-order valence-electron chi connectivity index (χ4n) is 1.94. The molecule has 0 aromatic heterocycles. The number of phenols is 1. The number of hydrogen-bond acceptors (Lipinski definition) is 4. The van der Waals surface area contributed by atoms with Gasteiger partial charge in [0.05, 0.1) is 6.61 Å². The van der Waals surface area contributed by atoms with E-state index in [0.29, 0.717) is 23.6 Å². The molecule has 0 radical (unpaired) electrons. The molecule has 2 rings (SSSR count). The molecule has 0 aliphatic carbocycles. The maximum atomic E-state index is 12.2. The van der Waals surface area contributed by atoms with E-state index >= 15 is 0 Å². The highest BCUT2D eigenvalue weighted by Gasteiger charge is 2.11. The van der Waals surface area contributed by atoms with E-state index in [1.54, 1.807) is 36.4 Å². The predicted molar refractivity (Wildman–Crippen MR) is 95.6 cm³/mol. The largest absolute Gasteiger partial charge is 0.507 e. The van der Waals surface area contributed by atoms with Crippen LogP contribution in [0.25, 0.3) is 6.08 Å². The predicted octanol–water partition coefficient (Wildman–Crippen LogP) is 4.10. The Labute approximate surface area is 148 Å². The lowest BCUT2D eigenvalue weighted by Gasteiger charge is -2.07. The zero-order chi connectivity index (χ0) is 17.5. The molecule has 2 N–H and O–H groups in total. The fourth-order valence-corrected chi connectivity index (χ4v) is 2.32. The van der Waals surface area contributed by atoms with Gasteiger partial charge in [0.25, 0.3) is 5.91 Å². The molecule has 24 heavy (non-hydrogen) atoms. The summed E-state index contributed by atoms with van der Waals surface area (Å²) in [6, 6.07) is 13.5.